The second-order valence-corrected chi connectivity index (χ2v) is 23.5. The van der Waals surface area contributed by atoms with Crippen molar-refractivity contribution in [2.75, 3.05) is 18.1 Å². The van der Waals surface area contributed by atoms with Crippen molar-refractivity contribution in [2.45, 2.75) is 226 Å². The van der Waals surface area contributed by atoms with E-state index in [4.69, 9.17) is 9.47 Å². The summed E-state index contributed by atoms with van der Waals surface area (Å²) in [4.78, 5) is 19.1. The molecular formula is C67H92N2O4S2. The van der Waals surface area contributed by atoms with Crippen LogP contribution in [0.4, 0.5) is 17.1 Å². The lowest BCUT2D eigenvalue weighted by Crippen LogP contribution is -2.25. The molecule has 2 heterocycles. The summed E-state index contributed by atoms with van der Waals surface area (Å²) in [5.74, 6) is 0.613. The maximum atomic E-state index is 12.1. The second-order valence-electron chi connectivity index (χ2n) is 21.4. The highest BCUT2D eigenvalue weighted by atomic mass is 32.1. The predicted octanol–water partition coefficient (Wildman–Crippen LogP) is 21.7. The van der Waals surface area contributed by atoms with Gasteiger partial charge in [0, 0.05) is 42.0 Å². The van der Waals surface area contributed by atoms with Gasteiger partial charge < -0.3 is 19.5 Å². The van der Waals surface area contributed by atoms with Crippen LogP contribution in [0.3, 0.4) is 0 Å². The Morgan fingerprint density at radius 3 is 1.31 bits per heavy atom. The number of nitrogens with zero attached hydrogens (tertiary/aromatic N) is 2. The van der Waals surface area contributed by atoms with Crippen LogP contribution in [0, 0.1) is 11.3 Å². The molecule has 0 aliphatic heterocycles. The number of nitriles is 1. The van der Waals surface area contributed by atoms with E-state index in [1.807, 2.05) is 17.4 Å². The van der Waals surface area contributed by atoms with E-state index in [2.05, 4.69) is 118 Å². The Labute approximate surface area is 462 Å². The molecule has 1 aliphatic rings. The molecule has 2 aromatic heterocycles. The van der Waals surface area contributed by atoms with Crippen molar-refractivity contribution >= 4 is 51.8 Å². The zero-order valence-corrected chi connectivity index (χ0v) is 48.3. The minimum atomic E-state index is -1.17. The van der Waals surface area contributed by atoms with Gasteiger partial charge in [0.1, 0.15) is 23.1 Å². The van der Waals surface area contributed by atoms with E-state index >= 15 is 0 Å². The Morgan fingerprint density at radius 2 is 0.893 bits per heavy atom. The maximum absolute atomic E-state index is 12.1. The summed E-state index contributed by atoms with van der Waals surface area (Å²) in [6, 6.07) is 32.8. The van der Waals surface area contributed by atoms with Crippen LogP contribution in [-0.4, -0.2) is 24.3 Å². The lowest BCUT2D eigenvalue weighted by atomic mass is 9.71. The van der Waals surface area contributed by atoms with E-state index in [0.29, 0.717) is 0 Å². The van der Waals surface area contributed by atoms with Gasteiger partial charge in [0.15, 0.2) is 0 Å². The number of carboxylic acid groups (broad SMARTS) is 1. The summed E-state index contributed by atoms with van der Waals surface area (Å²) in [5.41, 5.74) is 6.84. The van der Waals surface area contributed by atoms with Crippen molar-refractivity contribution in [3.05, 3.63) is 107 Å². The minimum Gasteiger partial charge on any atom is -0.494 e. The molecule has 8 heteroatoms. The number of unbranched alkanes of at least 4 members (excludes halogenated alkanes) is 24. The molecule has 0 atom stereocenters. The van der Waals surface area contributed by atoms with Crippen molar-refractivity contribution in [2.24, 2.45) is 0 Å². The van der Waals surface area contributed by atoms with Crippen LogP contribution in [-0.2, 0) is 10.2 Å². The SMILES string of the molecule is CCCCCCCCCCCCC1(CCCCCCCCCCCC)c2cc(/C=C(/C#N)C(=O)O)sc2-c2sc(-c3ccc(N(c4ccc(OCCCCCC)cc4)c4ccc(OCCCCCC)cc4)cc3)cc21. The van der Waals surface area contributed by atoms with Crippen LogP contribution in [0.1, 0.15) is 236 Å². The number of benzene rings is 3. The molecule has 1 N–H and O–H groups in total. The zero-order chi connectivity index (χ0) is 52.9. The van der Waals surface area contributed by atoms with Crippen LogP contribution in [0.25, 0.3) is 26.3 Å². The van der Waals surface area contributed by atoms with Crippen LogP contribution in [0.15, 0.2) is 90.5 Å². The molecule has 0 amide bonds. The third kappa shape index (κ3) is 18.1. The molecule has 6 rings (SSSR count). The first-order valence-corrected chi connectivity index (χ1v) is 31.5. The van der Waals surface area contributed by atoms with Gasteiger partial charge in [-0.15, -0.1) is 22.7 Å². The number of aliphatic carboxylic acids is 1. The lowest BCUT2D eigenvalue weighted by Gasteiger charge is -2.31. The van der Waals surface area contributed by atoms with E-state index in [0.717, 1.165) is 72.3 Å². The minimum absolute atomic E-state index is 0.147. The van der Waals surface area contributed by atoms with Crippen molar-refractivity contribution in [1.82, 2.24) is 0 Å². The second kappa shape index (κ2) is 33.3. The first-order valence-electron chi connectivity index (χ1n) is 29.9. The molecule has 0 fully saturated rings. The van der Waals surface area contributed by atoms with Gasteiger partial charge in [-0.1, -0.05) is 207 Å². The topological polar surface area (TPSA) is 82.8 Å². The summed E-state index contributed by atoms with van der Waals surface area (Å²) in [6.07, 6.45) is 39.2. The van der Waals surface area contributed by atoms with E-state index in [-0.39, 0.29) is 11.0 Å². The number of hydrogen-bond donors (Lipinski definition) is 1. The monoisotopic (exact) mass is 1050 g/mol. The van der Waals surface area contributed by atoms with Crippen LogP contribution in [0.2, 0.25) is 0 Å². The third-order valence-electron chi connectivity index (χ3n) is 15.4. The first-order chi connectivity index (χ1) is 36.8. The highest BCUT2D eigenvalue weighted by molar-refractivity contribution is 7.24. The fourth-order valence-electron chi connectivity index (χ4n) is 11.0. The molecule has 5 aromatic rings. The standard InChI is InChI=1S/C67H92N2O4S2/c1-5-9-13-17-19-21-23-25-27-29-45-67(46-30-28-26-24-22-20-18-14-10-6-2)61-50-60(49-54(52-68)66(70)71)74-64(61)65-62(67)51-63(75-65)53-33-35-55(36-34-53)69(56-37-41-58(42-38-56)72-47-31-15-11-7-3)57-39-43-59(44-40-57)73-48-32-16-12-8-4/h33-44,49-51H,5-32,45-48H2,1-4H3,(H,70,71)/b54-49-. The highest BCUT2D eigenvalue weighted by Gasteiger charge is 2.45. The van der Waals surface area contributed by atoms with Gasteiger partial charge >= 0.3 is 5.97 Å². The summed E-state index contributed by atoms with van der Waals surface area (Å²) in [7, 11) is 0. The number of thiophene rings is 2. The normalized spacial score (nSPS) is 12.7. The quantitative estimate of drug-likeness (QED) is 0.0239. The molecule has 75 heavy (non-hydrogen) atoms. The summed E-state index contributed by atoms with van der Waals surface area (Å²) in [5, 5.41) is 19.7. The fraction of sp³-hybridized carbons (Fsp3) is 0.552. The van der Waals surface area contributed by atoms with E-state index in [1.54, 1.807) is 17.4 Å². The summed E-state index contributed by atoms with van der Waals surface area (Å²) >= 11 is 3.55. The van der Waals surface area contributed by atoms with Gasteiger partial charge in [-0.3, -0.25) is 0 Å². The highest BCUT2D eigenvalue weighted by Crippen LogP contribution is 2.61. The Morgan fingerprint density at radius 1 is 0.520 bits per heavy atom. The number of hydrogen-bond acceptors (Lipinski definition) is 7. The van der Waals surface area contributed by atoms with Gasteiger partial charge in [-0.05, 0) is 121 Å². The Hall–Kier alpha value is -4.84. The molecule has 0 unspecified atom stereocenters. The number of carboxylic acids is 1. The molecule has 0 radical (unpaired) electrons. The zero-order valence-electron chi connectivity index (χ0n) is 46.7. The molecule has 0 saturated heterocycles. The van der Waals surface area contributed by atoms with Crippen molar-refractivity contribution < 1.29 is 19.4 Å². The lowest BCUT2D eigenvalue weighted by molar-refractivity contribution is -0.132. The largest absolute Gasteiger partial charge is 0.494 e. The van der Waals surface area contributed by atoms with E-state index in [1.165, 1.54) is 198 Å². The molecule has 406 valence electrons. The molecule has 0 saturated carbocycles. The predicted molar refractivity (Wildman–Crippen MR) is 322 cm³/mol. The average molecular weight is 1050 g/mol. The fourth-order valence-corrected chi connectivity index (χ4v) is 13.7. The molecule has 0 spiro atoms. The molecule has 0 bridgehead atoms. The van der Waals surface area contributed by atoms with Crippen molar-refractivity contribution in [3.63, 3.8) is 0 Å². The Kier molecular flexibility index (Phi) is 26.4. The maximum Gasteiger partial charge on any atom is 0.346 e. The van der Waals surface area contributed by atoms with Gasteiger partial charge in [-0.25, -0.2) is 4.79 Å². The Balaban J connectivity index is 1.29. The van der Waals surface area contributed by atoms with Crippen molar-refractivity contribution in [3.8, 4) is 37.8 Å². The van der Waals surface area contributed by atoms with E-state index in [9.17, 15) is 15.2 Å². The van der Waals surface area contributed by atoms with Crippen LogP contribution in [0.5, 0.6) is 11.5 Å². The van der Waals surface area contributed by atoms with Crippen LogP contribution < -0.4 is 14.4 Å². The molecular weight excluding hydrogens is 961 g/mol. The van der Waals surface area contributed by atoms with E-state index < -0.39 is 5.97 Å². The van der Waals surface area contributed by atoms with Crippen molar-refractivity contribution in [1.29, 1.82) is 5.26 Å². The number of ether oxygens (including phenoxy) is 2. The third-order valence-corrected chi connectivity index (χ3v) is 17.8. The average Bonchev–Trinajstić information content (AvgIpc) is 4.16. The Bertz CT molecular complexity index is 2380. The summed E-state index contributed by atoms with van der Waals surface area (Å²) in [6.45, 7) is 10.5. The van der Waals surface area contributed by atoms with Crippen LogP contribution >= 0.6 is 22.7 Å². The first kappa shape index (κ1) is 59.4. The molecule has 6 nitrogen and oxygen atoms in total. The molecule has 1 aliphatic carbocycles. The molecule has 3 aromatic carbocycles. The number of rotatable bonds is 40. The summed E-state index contributed by atoms with van der Waals surface area (Å²) < 4.78 is 12.3. The van der Waals surface area contributed by atoms with Gasteiger partial charge in [0.25, 0.3) is 0 Å². The van der Waals surface area contributed by atoms with Gasteiger partial charge in [0.05, 0.1) is 13.2 Å². The smallest absolute Gasteiger partial charge is 0.346 e. The number of anilines is 3. The number of fused-ring (bicyclic) bond motifs is 3. The van der Waals surface area contributed by atoms with Gasteiger partial charge in [-0.2, -0.15) is 5.26 Å². The number of carbonyl (C=O) groups is 1. The van der Waals surface area contributed by atoms with Gasteiger partial charge in [0.2, 0.25) is 0 Å².